The Balaban J connectivity index is 0.00000320. The molecule has 1 aliphatic rings. The molecule has 5 nitrogen and oxygen atoms in total. The average Bonchev–Trinajstić information content (AvgIpc) is 2.68. The Kier molecular flexibility index (Phi) is 9.57. The molecular formula is C23H28NNaO4S. The van der Waals surface area contributed by atoms with E-state index in [4.69, 9.17) is 0 Å². The third kappa shape index (κ3) is 7.50. The van der Waals surface area contributed by atoms with Gasteiger partial charge in [-0.25, -0.2) is 8.42 Å². The summed E-state index contributed by atoms with van der Waals surface area (Å²) in [7, 11) is -3.42. The molecule has 0 amide bonds. The van der Waals surface area contributed by atoms with Crippen LogP contribution in [0.2, 0.25) is 0 Å². The molecule has 0 radical (unpaired) electrons. The van der Waals surface area contributed by atoms with Crippen LogP contribution in [0.3, 0.4) is 0 Å². The van der Waals surface area contributed by atoms with E-state index < -0.39 is 16.0 Å². The second-order valence-corrected chi connectivity index (χ2v) is 9.96. The van der Waals surface area contributed by atoms with Crippen LogP contribution >= 0.6 is 0 Å². The molecule has 0 spiro atoms. The van der Waals surface area contributed by atoms with Crippen molar-refractivity contribution in [2.24, 2.45) is 0 Å². The SMILES string of the molecule is CS(=O)(=O)N(Cc1ccc(C2CCCCC2)cc1)Cc1cccc(CC(=O)[O-])c1.[Na+]. The van der Waals surface area contributed by atoms with Crippen LogP contribution in [0, 0.1) is 0 Å². The van der Waals surface area contributed by atoms with E-state index in [1.165, 1.54) is 48.2 Å². The van der Waals surface area contributed by atoms with Crippen molar-refractivity contribution in [2.45, 2.75) is 57.5 Å². The zero-order valence-electron chi connectivity index (χ0n) is 17.8. The van der Waals surface area contributed by atoms with Crippen LogP contribution in [0.1, 0.15) is 60.3 Å². The normalized spacial score (nSPS) is 15.0. The predicted molar refractivity (Wildman–Crippen MR) is 112 cm³/mol. The maximum Gasteiger partial charge on any atom is 1.00 e. The van der Waals surface area contributed by atoms with E-state index in [-0.39, 0.29) is 49.1 Å². The van der Waals surface area contributed by atoms with Crippen LogP contribution in [0.5, 0.6) is 0 Å². The molecule has 1 fully saturated rings. The van der Waals surface area contributed by atoms with Gasteiger partial charge < -0.3 is 9.90 Å². The molecule has 2 aromatic carbocycles. The first-order chi connectivity index (χ1) is 13.8. The van der Waals surface area contributed by atoms with Crippen molar-refractivity contribution in [3.05, 3.63) is 70.8 Å². The molecule has 0 saturated heterocycles. The van der Waals surface area contributed by atoms with Crippen molar-refractivity contribution < 1.29 is 47.9 Å². The Hall–Kier alpha value is -1.18. The van der Waals surface area contributed by atoms with Gasteiger partial charge in [-0.1, -0.05) is 67.8 Å². The first-order valence-corrected chi connectivity index (χ1v) is 12.0. The Morgan fingerprint density at radius 1 is 0.967 bits per heavy atom. The molecule has 3 rings (SSSR count). The Bertz CT molecular complexity index is 938. The van der Waals surface area contributed by atoms with Crippen molar-refractivity contribution >= 4 is 16.0 Å². The van der Waals surface area contributed by atoms with Crippen molar-refractivity contribution in [2.75, 3.05) is 6.26 Å². The second kappa shape index (κ2) is 11.4. The van der Waals surface area contributed by atoms with Crippen molar-refractivity contribution in [1.29, 1.82) is 0 Å². The molecule has 2 aromatic rings. The molecule has 30 heavy (non-hydrogen) atoms. The largest absolute Gasteiger partial charge is 1.00 e. The number of carbonyl (C=O) groups is 1. The molecule has 0 N–H and O–H groups in total. The standard InChI is InChI=1S/C23H29NO4S.Na/c1-29(27,28)24(17-20-7-5-6-19(14-20)15-23(25)26)16-18-10-12-22(13-11-18)21-8-3-2-4-9-21;/h5-7,10-14,21H,2-4,8-9,15-17H2,1H3,(H,25,26);/q;+1/p-1. The molecule has 0 aromatic heterocycles. The number of hydrogen-bond donors (Lipinski definition) is 0. The van der Waals surface area contributed by atoms with Gasteiger partial charge in [0.2, 0.25) is 10.0 Å². The maximum absolute atomic E-state index is 12.3. The molecule has 1 aliphatic carbocycles. The minimum absolute atomic E-state index is 0. The summed E-state index contributed by atoms with van der Waals surface area (Å²) in [4.78, 5) is 10.8. The molecule has 7 heteroatoms. The summed E-state index contributed by atoms with van der Waals surface area (Å²) >= 11 is 0. The van der Waals surface area contributed by atoms with E-state index in [9.17, 15) is 18.3 Å². The number of sulfonamides is 1. The number of nitrogens with zero attached hydrogens (tertiary/aromatic N) is 1. The van der Waals surface area contributed by atoms with Gasteiger partial charge in [-0.3, -0.25) is 0 Å². The van der Waals surface area contributed by atoms with E-state index >= 15 is 0 Å². The molecule has 156 valence electrons. The van der Waals surface area contributed by atoms with Gasteiger partial charge in [-0.15, -0.1) is 0 Å². The van der Waals surface area contributed by atoms with Gasteiger partial charge in [0.15, 0.2) is 0 Å². The summed E-state index contributed by atoms with van der Waals surface area (Å²) < 4.78 is 26.1. The fourth-order valence-corrected chi connectivity index (χ4v) is 4.80. The predicted octanol–water partition coefficient (Wildman–Crippen LogP) is -0.00750. The van der Waals surface area contributed by atoms with Gasteiger partial charge in [0.1, 0.15) is 0 Å². The summed E-state index contributed by atoms with van der Waals surface area (Å²) in [6, 6.07) is 15.3. The van der Waals surface area contributed by atoms with Gasteiger partial charge in [0, 0.05) is 25.5 Å². The molecule has 0 aliphatic heterocycles. The minimum Gasteiger partial charge on any atom is -0.550 e. The van der Waals surface area contributed by atoms with Crippen LogP contribution in [-0.2, 0) is 34.3 Å². The quantitative estimate of drug-likeness (QED) is 0.545. The molecule has 0 unspecified atom stereocenters. The number of carbonyl (C=O) groups excluding carboxylic acids is 1. The smallest absolute Gasteiger partial charge is 0.550 e. The van der Waals surface area contributed by atoms with Crippen molar-refractivity contribution in [1.82, 2.24) is 4.31 Å². The zero-order chi connectivity index (χ0) is 20.9. The number of aliphatic carboxylic acids is 1. The van der Waals surface area contributed by atoms with Crippen LogP contribution in [0.25, 0.3) is 0 Å². The summed E-state index contributed by atoms with van der Waals surface area (Å²) in [6.07, 6.45) is 7.37. The minimum atomic E-state index is -3.42. The first-order valence-electron chi connectivity index (χ1n) is 10.1. The number of carboxylic acids is 1. The second-order valence-electron chi connectivity index (χ2n) is 7.98. The Labute approximate surface area is 201 Å². The average molecular weight is 438 g/mol. The summed E-state index contributed by atoms with van der Waals surface area (Å²) in [6.45, 7) is 0.485. The van der Waals surface area contributed by atoms with Crippen LogP contribution in [0.15, 0.2) is 48.5 Å². The van der Waals surface area contributed by atoms with Gasteiger partial charge in [-0.05, 0) is 41.0 Å². The van der Waals surface area contributed by atoms with Crippen molar-refractivity contribution in [3.63, 3.8) is 0 Å². The molecule has 0 atom stereocenters. The van der Waals surface area contributed by atoms with E-state index in [1.807, 2.05) is 18.2 Å². The molecule has 0 heterocycles. The van der Waals surface area contributed by atoms with Gasteiger partial charge in [0.05, 0.1) is 6.26 Å². The summed E-state index contributed by atoms with van der Waals surface area (Å²) in [5, 5.41) is 10.8. The van der Waals surface area contributed by atoms with E-state index in [2.05, 4.69) is 12.1 Å². The zero-order valence-corrected chi connectivity index (χ0v) is 20.7. The van der Waals surface area contributed by atoms with Gasteiger partial charge >= 0.3 is 29.6 Å². The number of hydrogen-bond acceptors (Lipinski definition) is 4. The summed E-state index contributed by atoms with van der Waals surface area (Å²) in [5.41, 5.74) is 3.65. The monoisotopic (exact) mass is 437 g/mol. The van der Waals surface area contributed by atoms with Crippen LogP contribution < -0.4 is 34.7 Å². The number of carboxylic acid groups (broad SMARTS) is 1. The molecule has 1 saturated carbocycles. The fraction of sp³-hybridized carbons (Fsp3) is 0.435. The van der Waals surface area contributed by atoms with Crippen molar-refractivity contribution in [3.8, 4) is 0 Å². The Morgan fingerprint density at radius 2 is 1.57 bits per heavy atom. The van der Waals surface area contributed by atoms with Gasteiger partial charge in [-0.2, -0.15) is 4.31 Å². The molecular weight excluding hydrogens is 409 g/mol. The fourth-order valence-electron chi connectivity index (χ4n) is 4.03. The first kappa shape index (κ1) is 25.1. The third-order valence-electron chi connectivity index (χ3n) is 5.58. The number of benzene rings is 2. The molecule has 0 bridgehead atoms. The number of rotatable bonds is 8. The van der Waals surface area contributed by atoms with E-state index in [1.54, 1.807) is 18.2 Å². The van der Waals surface area contributed by atoms with Gasteiger partial charge in [0.25, 0.3) is 0 Å². The third-order valence-corrected chi connectivity index (χ3v) is 6.78. The van der Waals surface area contributed by atoms with Crippen LogP contribution in [0.4, 0.5) is 0 Å². The topological polar surface area (TPSA) is 77.5 Å². The Morgan fingerprint density at radius 3 is 2.17 bits per heavy atom. The summed E-state index contributed by atoms with van der Waals surface area (Å²) in [5.74, 6) is -0.532. The van der Waals surface area contributed by atoms with Crippen LogP contribution in [-0.4, -0.2) is 24.9 Å². The maximum atomic E-state index is 12.3. The van der Waals surface area contributed by atoms with E-state index in [0.29, 0.717) is 11.5 Å². The van der Waals surface area contributed by atoms with E-state index in [0.717, 1.165) is 11.1 Å².